The Hall–Kier alpha value is -3.26. The molecule has 282 valence electrons. The monoisotopic (exact) mass is 696 g/mol. The van der Waals surface area contributed by atoms with Crippen LogP contribution in [-0.2, 0) is 33.5 Å². The average molecular weight is 697 g/mol. The summed E-state index contributed by atoms with van der Waals surface area (Å²) >= 11 is 0. The number of cyclic esters (lactones) is 1. The van der Waals surface area contributed by atoms with Crippen LogP contribution in [-0.4, -0.2) is 103 Å². The molecule has 0 spiro atoms. The first-order valence-corrected chi connectivity index (χ1v) is 18.3. The number of nitrogens with zero attached hydrogens (tertiary/aromatic N) is 1. The van der Waals surface area contributed by atoms with Gasteiger partial charge in [0, 0.05) is 7.05 Å². The largest absolute Gasteiger partial charge is 0.460 e. The lowest BCUT2D eigenvalue weighted by atomic mass is 9.94. The minimum absolute atomic E-state index is 0.0138. The van der Waals surface area contributed by atoms with E-state index in [-0.39, 0.29) is 25.3 Å². The van der Waals surface area contributed by atoms with Gasteiger partial charge in [0.2, 0.25) is 29.5 Å². The molecule has 5 amide bonds. The van der Waals surface area contributed by atoms with Gasteiger partial charge in [0.1, 0.15) is 36.8 Å². The molecule has 7 N–H and O–H groups in total. The first-order chi connectivity index (χ1) is 23.3. The van der Waals surface area contributed by atoms with Crippen molar-refractivity contribution in [2.75, 3.05) is 26.7 Å². The highest BCUT2D eigenvalue weighted by atomic mass is 16.5. The van der Waals surface area contributed by atoms with E-state index in [1.54, 1.807) is 6.92 Å². The van der Waals surface area contributed by atoms with Crippen LogP contribution >= 0.6 is 0 Å². The Labute approximate surface area is 292 Å². The molecule has 0 aliphatic carbocycles. The van der Waals surface area contributed by atoms with E-state index in [1.165, 1.54) is 31.2 Å². The van der Waals surface area contributed by atoms with Crippen molar-refractivity contribution in [1.82, 2.24) is 26.2 Å². The second kappa shape index (κ2) is 24.0. The van der Waals surface area contributed by atoms with Gasteiger partial charge in [0.05, 0.1) is 12.5 Å². The summed E-state index contributed by atoms with van der Waals surface area (Å²) in [7, 11) is 1.53. The number of carbonyl (C=O) groups excluding carboxylic acids is 6. The molecule has 0 bridgehead atoms. The highest BCUT2D eigenvalue weighted by Gasteiger charge is 2.37. The maximum Gasteiger partial charge on any atom is 0.325 e. The normalized spacial score (nSPS) is 25.4. The number of hydrogen-bond donors (Lipinski definition) is 6. The highest BCUT2D eigenvalue weighted by molar-refractivity contribution is 5.96. The molecule has 0 radical (unpaired) electrons. The van der Waals surface area contributed by atoms with Gasteiger partial charge in [-0.25, -0.2) is 0 Å². The summed E-state index contributed by atoms with van der Waals surface area (Å²) in [4.78, 5) is 81.6. The number of amides is 5. The number of carbonyl (C=O) groups is 6. The third kappa shape index (κ3) is 15.9. The van der Waals surface area contributed by atoms with Gasteiger partial charge in [-0.1, -0.05) is 86.0 Å². The maximum absolute atomic E-state index is 14.0. The molecular formula is C35H64N6O8. The summed E-state index contributed by atoms with van der Waals surface area (Å²) in [5.74, 6) is -4.71. The van der Waals surface area contributed by atoms with Gasteiger partial charge in [-0.3, -0.25) is 28.8 Å². The van der Waals surface area contributed by atoms with Crippen LogP contribution in [0.4, 0.5) is 0 Å². The van der Waals surface area contributed by atoms with Crippen molar-refractivity contribution < 1.29 is 38.6 Å². The SMILES string of the molecule is CCCCCCCCCC[C@H]1OC(=O)CNC(=O)[C@H](CCN)NC(=O)[C@H](CO)NC(=O)[C@H](CCC)NC(=O)[C@H](CC(C)C)N(C)C(=O)[C@@H]1C. The lowest BCUT2D eigenvalue weighted by Crippen LogP contribution is -2.59. The van der Waals surface area contributed by atoms with Gasteiger partial charge in [0.25, 0.3) is 0 Å². The van der Waals surface area contributed by atoms with Gasteiger partial charge in [0.15, 0.2) is 0 Å². The second-order valence-corrected chi connectivity index (χ2v) is 13.6. The molecule has 0 saturated carbocycles. The van der Waals surface area contributed by atoms with Crippen molar-refractivity contribution >= 4 is 35.5 Å². The molecule has 49 heavy (non-hydrogen) atoms. The Bertz CT molecular complexity index is 1060. The minimum Gasteiger partial charge on any atom is -0.460 e. The summed E-state index contributed by atoms with van der Waals surface area (Å²) in [6.45, 7) is 8.24. The van der Waals surface area contributed by atoms with Crippen LogP contribution in [0.3, 0.4) is 0 Å². The van der Waals surface area contributed by atoms with Crippen molar-refractivity contribution in [2.24, 2.45) is 17.6 Å². The number of aliphatic hydroxyl groups is 1. The topological polar surface area (TPSA) is 209 Å². The van der Waals surface area contributed by atoms with E-state index in [1.807, 2.05) is 20.8 Å². The van der Waals surface area contributed by atoms with Crippen molar-refractivity contribution in [3.05, 3.63) is 0 Å². The quantitative estimate of drug-likeness (QED) is 0.102. The average Bonchev–Trinajstić information content (AvgIpc) is 3.06. The predicted octanol–water partition coefficient (Wildman–Crippen LogP) is 1.66. The Morgan fingerprint density at radius 2 is 1.33 bits per heavy atom. The van der Waals surface area contributed by atoms with Crippen molar-refractivity contribution in [3.63, 3.8) is 0 Å². The first kappa shape index (κ1) is 43.8. The molecule has 1 heterocycles. The number of ether oxygens (including phenoxy) is 1. The number of aliphatic hydroxyl groups excluding tert-OH is 1. The van der Waals surface area contributed by atoms with Crippen LogP contribution in [0, 0.1) is 11.8 Å². The number of hydrogen-bond acceptors (Lipinski definition) is 9. The molecule has 0 aromatic heterocycles. The fourth-order valence-electron chi connectivity index (χ4n) is 5.90. The van der Waals surface area contributed by atoms with Crippen molar-refractivity contribution in [1.29, 1.82) is 0 Å². The van der Waals surface area contributed by atoms with Crippen LogP contribution in [0.15, 0.2) is 0 Å². The van der Waals surface area contributed by atoms with Gasteiger partial charge in [-0.05, 0) is 44.6 Å². The van der Waals surface area contributed by atoms with E-state index in [9.17, 15) is 33.9 Å². The number of esters is 1. The fraction of sp³-hybridized carbons (Fsp3) is 0.829. The number of nitrogens with two attached hydrogens (primary N) is 1. The third-order valence-corrected chi connectivity index (χ3v) is 8.91. The van der Waals surface area contributed by atoms with Crippen LogP contribution in [0.1, 0.15) is 118 Å². The fourth-order valence-corrected chi connectivity index (χ4v) is 5.90. The number of likely N-dealkylation sites (N-methyl/N-ethyl adjacent to an activating group) is 1. The van der Waals surface area contributed by atoms with Gasteiger partial charge in [-0.2, -0.15) is 0 Å². The van der Waals surface area contributed by atoms with Crippen LogP contribution in [0.2, 0.25) is 0 Å². The summed E-state index contributed by atoms with van der Waals surface area (Å²) < 4.78 is 5.81. The predicted molar refractivity (Wildman–Crippen MR) is 187 cm³/mol. The number of nitrogens with one attached hydrogen (secondary N) is 4. The highest BCUT2D eigenvalue weighted by Crippen LogP contribution is 2.22. The standard InChI is InChI=1S/C35H64N6O8/c1-7-9-10-11-12-13-14-15-17-29-24(5)35(48)41(6)28(20-23(3)4)34(47)39-25(16-8-2)32(45)40-27(22-42)33(46)38-26(18-19-36)31(44)37-21-30(43)49-29/h23-29,42H,7-22,36H2,1-6H3,(H,37,44)(H,38,46)(H,39,47)(H,40,45)/t24-,25+,26+,27+,28+,29-/m1/s1. The van der Waals surface area contributed by atoms with E-state index in [0.717, 1.165) is 32.1 Å². The summed E-state index contributed by atoms with van der Waals surface area (Å²) in [5.41, 5.74) is 5.67. The Balaban J connectivity index is 3.43. The van der Waals surface area contributed by atoms with E-state index < -0.39 is 84.8 Å². The van der Waals surface area contributed by atoms with Crippen LogP contribution in [0.5, 0.6) is 0 Å². The van der Waals surface area contributed by atoms with E-state index in [2.05, 4.69) is 28.2 Å². The molecule has 0 unspecified atom stereocenters. The lowest BCUT2D eigenvalue weighted by Gasteiger charge is -2.34. The van der Waals surface area contributed by atoms with Gasteiger partial charge >= 0.3 is 5.97 Å². The zero-order valence-electron chi connectivity index (χ0n) is 30.7. The molecule has 1 aliphatic heterocycles. The van der Waals surface area contributed by atoms with E-state index in [0.29, 0.717) is 19.3 Å². The van der Waals surface area contributed by atoms with Crippen molar-refractivity contribution in [3.8, 4) is 0 Å². The maximum atomic E-state index is 14.0. The molecule has 1 fully saturated rings. The zero-order chi connectivity index (χ0) is 36.9. The first-order valence-electron chi connectivity index (χ1n) is 18.3. The molecule has 14 nitrogen and oxygen atoms in total. The van der Waals surface area contributed by atoms with Crippen LogP contribution in [0.25, 0.3) is 0 Å². The Kier molecular flexibility index (Phi) is 21.4. The van der Waals surface area contributed by atoms with E-state index in [4.69, 9.17) is 10.5 Å². The second-order valence-electron chi connectivity index (χ2n) is 13.6. The molecule has 1 saturated heterocycles. The van der Waals surface area contributed by atoms with Gasteiger partial charge < -0.3 is 41.7 Å². The Morgan fingerprint density at radius 3 is 1.90 bits per heavy atom. The van der Waals surface area contributed by atoms with Gasteiger partial charge in [-0.15, -0.1) is 0 Å². The molecular weight excluding hydrogens is 632 g/mol. The summed E-state index contributed by atoms with van der Waals surface area (Å²) in [6, 6.07) is -4.59. The minimum atomic E-state index is -1.43. The summed E-state index contributed by atoms with van der Waals surface area (Å²) in [6.07, 6.45) is 9.19. The number of unbranched alkanes of at least 4 members (excludes halogenated alkanes) is 7. The van der Waals surface area contributed by atoms with Crippen molar-refractivity contribution in [2.45, 2.75) is 148 Å². The molecule has 0 aromatic rings. The van der Waals surface area contributed by atoms with E-state index >= 15 is 0 Å². The number of rotatable bonds is 16. The smallest absolute Gasteiger partial charge is 0.325 e. The van der Waals surface area contributed by atoms with Crippen LogP contribution < -0.4 is 27.0 Å². The molecule has 1 rings (SSSR count). The molecule has 6 atom stereocenters. The molecule has 14 heteroatoms. The third-order valence-electron chi connectivity index (χ3n) is 8.91. The summed E-state index contributed by atoms with van der Waals surface area (Å²) in [5, 5.41) is 20.1. The Morgan fingerprint density at radius 1 is 0.776 bits per heavy atom. The molecule has 0 aromatic carbocycles. The molecule has 1 aliphatic rings. The zero-order valence-corrected chi connectivity index (χ0v) is 30.7. The lowest BCUT2D eigenvalue weighted by molar-refractivity contribution is -0.157.